The Hall–Kier alpha value is -3.36. The van der Waals surface area contributed by atoms with E-state index in [1.807, 2.05) is 48.5 Å². The second kappa shape index (κ2) is 9.02. The Morgan fingerprint density at radius 1 is 1.00 bits per heavy atom. The van der Waals surface area contributed by atoms with Crippen LogP contribution in [0.5, 0.6) is 5.75 Å². The highest BCUT2D eigenvalue weighted by atomic mass is 79.9. The third-order valence-electron chi connectivity index (χ3n) is 5.27. The number of carbonyl (C=O) groups excluding carboxylic acids is 2. The molecule has 1 N–H and O–H groups in total. The first-order valence-corrected chi connectivity index (χ1v) is 10.5. The molecule has 1 aliphatic heterocycles. The summed E-state index contributed by atoms with van der Waals surface area (Å²) in [5.74, 6) is -1.30. The molecule has 8 heteroatoms. The Morgan fingerprint density at radius 2 is 1.75 bits per heavy atom. The van der Waals surface area contributed by atoms with Crippen molar-refractivity contribution < 1.29 is 28.9 Å². The van der Waals surface area contributed by atoms with Crippen molar-refractivity contribution in [1.29, 1.82) is 0 Å². The molecule has 164 valence electrons. The molecule has 0 amide bonds. The van der Waals surface area contributed by atoms with Crippen LogP contribution in [-0.2, 0) is 23.8 Å². The number of phenolic OH excluding ortho intramolecular Hbond substituents is 1. The second-order valence-corrected chi connectivity index (χ2v) is 7.89. The highest BCUT2D eigenvalue weighted by molar-refractivity contribution is 9.10. The third-order valence-corrected chi connectivity index (χ3v) is 5.91. The van der Waals surface area contributed by atoms with Crippen LogP contribution in [0.25, 0.3) is 21.9 Å². The van der Waals surface area contributed by atoms with Gasteiger partial charge in [0.05, 0.1) is 32.1 Å². The number of esters is 2. The predicted octanol–water partition coefficient (Wildman–Crippen LogP) is 4.37. The Kier molecular flexibility index (Phi) is 6.16. The molecule has 32 heavy (non-hydrogen) atoms. The molecule has 4 rings (SSSR count). The number of nitrogens with zero attached hydrogens (tertiary/aromatic N) is 1. The molecule has 0 atom stereocenters. The lowest BCUT2D eigenvalue weighted by Crippen LogP contribution is -2.39. The standard InChI is InChI=1S/C24H20BrNO6/c1-30-23(28)17-12-32-13-26(22(17)24(29)31-2)21-16(8-5-9-18(21)25)20-15-7-4-3-6-14(15)10-11-19(20)27/h3-11,27H,12-13H2,1-2H3. The number of hydrogen-bond acceptors (Lipinski definition) is 7. The molecule has 0 spiro atoms. The van der Waals surface area contributed by atoms with E-state index in [2.05, 4.69) is 15.9 Å². The van der Waals surface area contributed by atoms with Crippen LogP contribution in [0.4, 0.5) is 5.69 Å². The van der Waals surface area contributed by atoms with Crippen LogP contribution in [0, 0.1) is 0 Å². The van der Waals surface area contributed by atoms with Crippen molar-refractivity contribution in [2.75, 3.05) is 32.5 Å². The van der Waals surface area contributed by atoms with Crippen molar-refractivity contribution in [2.24, 2.45) is 0 Å². The largest absolute Gasteiger partial charge is 0.507 e. The van der Waals surface area contributed by atoms with E-state index in [4.69, 9.17) is 14.2 Å². The van der Waals surface area contributed by atoms with Gasteiger partial charge in [0.1, 0.15) is 18.2 Å². The number of halogens is 1. The van der Waals surface area contributed by atoms with Crippen LogP contribution < -0.4 is 4.90 Å². The van der Waals surface area contributed by atoms with Gasteiger partial charge >= 0.3 is 11.9 Å². The van der Waals surface area contributed by atoms with Crippen molar-refractivity contribution in [1.82, 2.24) is 0 Å². The van der Waals surface area contributed by atoms with Crippen molar-refractivity contribution in [2.45, 2.75) is 0 Å². The highest BCUT2D eigenvalue weighted by Crippen LogP contribution is 2.45. The molecule has 1 aliphatic rings. The molecule has 3 aromatic rings. The molecular formula is C24H20BrNO6. The number of rotatable bonds is 4. The minimum absolute atomic E-state index is 0.00787. The van der Waals surface area contributed by atoms with Gasteiger partial charge in [0.2, 0.25) is 0 Å². The number of fused-ring (bicyclic) bond motifs is 1. The van der Waals surface area contributed by atoms with Crippen molar-refractivity contribution in [3.63, 3.8) is 0 Å². The smallest absolute Gasteiger partial charge is 0.355 e. The van der Waals surface area contributed by atoms with E-state index in [0.717, 1.165) is 10.8 Å². The molecule has 3 aromatic carbocycles. The lowest BCUT2D eigenvalue weighted by molar-refractivity contribution is -0.140. The molecule has 0 bridgehead atoms. The molecule has 0 saturated heterocycles. The summed E-state index contributed by atoms with van der Waals surface area (Å²) in [5, 5.41) is 12.6. The van der Waals surface area contributed by atoms with Gasteiger partial charge in [-0.05, 0) is 38.8 Å². The summed E-state index contributed by atoms with van der Waals surface area (Å²) in [4.78, 5) is 26.7. The Bertz CT molecular complexity index is 1250. The molecule has 0 radical (unpaired) electrons. The Balaban J connectivity index is 2.02. The number of methoxy groups -OCH3 is 2. The first-order chi connectivity index (χ1) is 15.5. The number of para-hydroxylation sites is 1. The summed E-state index contributed by atoms with van der Waals surface area (Å²) in [6.45, 7) is -0.0982. The zero-order valence-electron chi connectivity index (χ0n) is 17.4. The van der Waals surface area contributed by atoms with Gasteiger partial charge in [-0.3, -0.25) is 0 Å². The number of benzene rings is 3. The average Bonchev–Trinajstić information content (AvgIpc) is 2.82. The number of carbonyl (C=O) groups is 2. The number of ether oxygens (including phenoxy) is 3. The maximum atomic E-state index is 12.8. The Morgan fingerprint density at radius 3 is 2.50 bits per heavy atom. The zero-order chi connectivity index (χ0) is 22.8. The lowest BCUT2D eigenvalue weighted by atomic mass is 9.95. The molecular weight excluding hydrogens is 478 g/mol. The van der Waals surface area contributed by atoms with Crippen LogP contribution >= 0.6 is 15.9 Å². The first kappa shape index (κ1) is 21.9. The van der Waals surface area contributed by atoms with Crippen molar-refractivity contribution in [3.05, 3.63) is 70.3 Å². The average molecular weight is 498 g/mol. The number of hydrogen-bond donors (Lipinski definition) is 1. The molecule has 7 nitrogen and oxygen atoms in total. The van der Waals surface area contributed by atoms with Crippen LogP contribution in [0.3, 0.4) is 0 Å². The van der Waals surface area contributed by atoms with Gasteiger partial charge < -0.3 is 24.2 Å². The van der Waals surface area contributed by atoms with Gasteiger partial charge in [-0.25, -0.2) is 9.59 Å². The molecule has 0 aromatic heterocycles. The van der Waals surface area contributed by atoms with E-state index in [9.17, 15) is 14.7 Å². The fourth-order valence-corrected chi connectivity index (χ4v) is 4.43. The normalized spacial score (nSPS) is 13.9. The molecule has 0 saturated carbocycles. The van der Waals surface area contributed by atoms with Crippen LogP contribution in [0.2, 0.25) is 0 Å². The fraction of sp³-hybridized carbons (Fsp3) is 0.167. The van der Waals surface area contributed by atoms with Crippen LogP contribution in [0.1, 0.15) is 0 Å². The minimum Gasteiger partial charge on any atom is -0.507 e. The monoisotopic (exact) mass is 497 g/mol. The summed E-state index contributed by atoms with van der Waals surface area (Å²) in [6.07, 6.45) is 0. The third kappa shape index (κ3) is 3.72. The van der Waals surface area contributed by atoms with Gasteiger partial charge in [0.15, 0.2) is 0 Å². The summed E-state index contributed by atoms with van der Waals surface area (Å²) < 4.78 is 16.1. The van der Waals surface area contributed by atoms with Gasteiger partial charge in [0.25, 0.3) is 0 Å². The van der Waals surface area contributed by atoms with Gasteiger partial charge in [-0.2, -0.15) is 0 Å². The van der Waals surface area contributed by atoms with E-state index in [1.54, 1.807) is 11.0 Å². The van der Waals surface area contributed by atoms with Gasteiger partial charge in [0, 0.05) is 15.6 Å². The number of anilines is 1. The summed E-state index contributed by atoms with van der Waals surface area (Å²) in [5.41, 5.74) is 1.85. The van der Waals surface area contributed by atoms with Crippen molar-refractivity contribution >= 4 is 44.3 Å². The summed E-state index contributed by atoms with van der Waals surface area (Å²) >= 11 is 3.57. The second-order valence-electron chi connectivity index (χ2n) is 7.03. The lowest BCUT2D eigenvalue weighted by Gasteiger charge is -2.33. The summed E-state index contributed by atoms with van der Waals surface area (Å²) in [7, 11) is 2.48. The first-order valence-electron chi connectivity index (χ1n) is 9.72. The number of phenols is 1. The highest BCUT2D eigenvalue weighted by Gasteiger charge is 2.34. The van der Waals surface area contributed by atoms with Crippen LogP contribution in [0.15, 0.2) is 70.3 Å². The van der Waals surface area contributed by atoms with Crippen molar-refractivity contribution in [3.8, 4) is 16.9 Å². The maximum Gasteiger partial charge on any atom is 0.355 e. The molecule has 0 unspecified atom stereocenters. The van der Waals surface area contributed by atoms with E-state index < -0.39 is 11.9 Å². The fourth-order valence-electron chi connectivity index (χ4n) is 3.85. The van der Waals surface area contributed by atoms with E-state index in [1.165, 1.54) is 14.2 Å². The van der Waals surface area contributed by atoms with Gasteiger partial charge in [-0.15, -0.1) is 0 Å². The summed E-state index contributed by atoms with van der Waals surface area (Å²) in [6, 6.07) is 16.6. The molecule has 0 fully saturated rings. The van der Waals surface area contributed by atoms with Crippen LogP contribution in [-0.4, -0.2) is 44.6 Å². The topological polar surface area (TPSA) is 85.3 Å². The van der Waals surface area contributed by atoms with E-state index in [0.29, 0.717) is 21.3 Å². The SMILES string of the molecule is COC(=O)C1=C(C(=O)OC)N(c2c(Br)cccc2-c2c(O)ccc3ccccc23)COC1. The zero-order valence-corrected chi connectivity index (χ0v) is 19.0. The maximum absolute atomic E-state index is 12.8. The molecule has 1 heterocycles. The molecule has 0 aliphatic carbocycles. The predicted molar refractivity (Wildman–Crippen MR) is 123 cm³/mol. The van der Waals surface area contributed by atoms with E-state index >= 15 is 0 Å². The number of aromatic hydroxyl groups is 1. The van der Waals surface area contributed by atoms with E-state index in [-0.39, 0.29) is 30.4 Å². The minimum atomic E-state index is -0.697. The Labute approximate surface area is 192 Å². The quantitative estimate of drug-likeness (QED) is 0.535. The van der Waals surface area contributed by atoms with Gasteiger partial charge in [-0.1, -0.05) is 42.5 Å².